The average molecular weight is 337 g/mol. The number of hydrogen-bond acceptors (Lipinski definition) is 4. The van der Waals surface area contributed by atoms with E-state index in [2.05, 4.69) is 10.6 Å². The molecule has 0 unspecified atom stereocenters. The van der Waals surface area contributed by atoms with Gasteiger partial charge in [-0.2, -0.15) is 0 Å². The number of rotatable bonds is 6. The lowest BCUT2D eigenvalue weighted by molar-refractivity contribution is -0.120. The third-order valence-corrected chi connectivity index (χ3v) is 3.98. The number of nitrogens with zero attached hydrogens (tertiary/aromatic N) is 1. The molecule has 132 valence electrons. The predicted octanol–water partition coefficient (Wildman–Crippen LogP) is 1.65. The van der Waals surface area contributed by atoms with E-state index in [0.29, 0.717) is 26.2 Å². The van der Waals surface area contributed by atoms with Gasteiger partial charge in [-0.1, -0.05) is 12.1 Å². The van der Waals surface area contributed by atoms with Crippen molar-refractivity contribution in [2.75, 3.05) is 26.2 Å². The Morgan fingerprint density at radius 1 is 1.25 bits per heavy atom. The van der Waals surface area contributed by atoms with E-state index in [1.54, 1.807) is 24.0 Å². The molecular weight excluding hydrogens is 313 g/mol. The fourth-order valence-corrected chi connectivity index (χ4v) is 2.58. The molecule has 1 fully saturated rings. The molecule has 1 saturated heterocycles. The minimum atomic E-state index is -0.291. The van der Waals surface area contributed by atoms with Crippen molar-refractivity contribution in [3.63, 3.8) is 0 Å². The SMILES string of the molecule is CCOC(=O)N1CCC(NCC(=O)NCc2ccc(F)cc2)CC1. The molecular formula is C17H24FN3O3. The van der Waals surface area contributed by atoms with Gasteiger partial charge in [-0.15, -0.1) is 0 Å². The van der Waals surface area contributed by atoms with Gasteiger partial charge in [0.2, 0.25) is 5.91 Å². The number of benzene rings is 1. The molecule has 2 amide bonds. The van der Waals surface area contributed by atoms with Crippen LogP contribution in [-0.4, -0.2) is 49.2 Å². The summed E-state index contributed by atoms with van der Waals surface area (Å²) in [5.41, 5.74) is 0.854. The summed E-state index contributed by atoms with van der Waals surface area (Å²) in [6, 6.07) is 6.25. The Balaban J connectivity index is 1.62. The van der Waals surface area contributed by atoms with Crippen molar-refractivity contribution in [3.8, 4) is 0 Å². The highest BCUT2D eigenvalue weighted by molar-refractivity contribution is 5.78. The zero-order valence-electron chi connectivity index (χ0n) is 13.9. The minimum Gasteiger partial charge on any atom is -0.450 e. The predicted molar refractivity (Wildman–Crippen MR) is 87.9 cm³/mol. The molecule has 1 aromatic rings. The number of ether oxygens (including phenoxy) is 1. The first-order valence-corrected chi connectivity index (χ1v) is 8.24. The third-order valence-electron chi connectivity index (χ3n) is 3.98. The van der Waals surface area contributed by atoms with Gasteiger partial charge in [0.1, 0.15) is 5.82 Å². The second-order valence-corrected chi connectivity index (χ2v) is 5.74. The summed E-state index contributed by atoms with van der Waals surface area (Å²) < 4.78 is 17.8. The molecule has 1 aliphatic heterocycles. The Morgan fingerprint density at radius 2 is 1.92 bits per heavy atom. The summed E-state index contributed by atoms with van der Waals surface area (Å²) in [7, 11) is 0. The van der Waals surface area contributed by atoms with E-state index in [9.17, 15) is 14.0 Å². The largest absolute Gasteiger partial charge is 0.450 e. The molecule has 1 aliphatic rings. The van der Waals surface area contributed by atoms with Gasteiger partial charge in [-0.3, -0.25) is 4.79 Å². The summed E-state index contributed by atoms with van der Waals surface area (Å²) in [6.07, 6.45) is 1.32. The molecule has 2 rings (SSSR count). The molecule has 0 radical (unpaired) electrons. The number of carbonyl (C=O) groups is 2. The topological polar surface area (TPSA) is 70.7 Å². The van der Waals surface area contributed by atoms with Crippen LogP contribution in [0.2, 0.25) is 0 Å². The van der Waals surface area contributed by atoms with E-state index in [-0.39, 0.29) is 30.4 Å². The summed E-state index contributed by atoms with van der Waals surface area (Å²) in [6.45, 7) is 4.04. The highest BCUT2D eigenvalue weighted by Gasteiger charge is 2.23. The van der Waals surface area contributed by atoms with Gasteiger partial charge in [0.15, 0.2) is 0 Å². The molecule has 1 aromatic carbocycles. The molecule has 0 saturated carbocycles. The summed E-state index contributed by atoms with van der Waals surface area (Å²) in [4.78, 5) is 25.1. The Labute approximate surface area is 141 Å². The summed E-state index contributed by atoms with van der Waals surface area (Å²) >= 11 is 0. The van der Waals surface area contributed by atoms with Crippen LogP contribution in [0, 0.1) is 5.82 Å². The quantitative estimate of drug-likeness (QED) is 0.828. The van der Waals surface area contributed by atoms with Crippen LogP contribution in [0.1, 0.15) is 25.3 Å². The van der Waals surface area contributed by atoms with Crippen LogP contribution in [0.5, 0.6) is 0 Å². The Hall–Kier alpha value is -2.15. The van der Waals surface area contributed by atoms with Crippen molar-refractivity contribution in [2.45, 2.75) is 32.4 Å². The number of nitrogens with one attached hydrogen (secondary N) is 2. The fourth-order valence-electron chi connectivity index (χ4n) is 2.58. The summed E-state index contributed by atoms with van der Waals surface area (Å²) in [5, 5.41) is 6.00. The number of carbonyl (C=O) groups excluding carboxylic acids is 2. The first kappa shape index (κ1) is 18.2. The minimum absolute atomic E-state index is 0.104. The van der Waals surface area contributed by atoms with Crippen molar-refractivity contribution in [1.82, 2.24) is 15.5 Å². The standard InChI is InChI=1S/C17H24FN3O3/c1-2-24-17(23)21-9-7-15(8-10-21)19-12-16(22)20-11-13-3-5-14(18)6-4-13/h3-6,15,19H,2,7-12H2,1H3,(H,20,22). The van der Waals surface area contributed by atoms with Crippen LogP contribution < -0.4 is 10.6 Å². The number of piperidine rings is 1. The molecule has 2 N–H and O–H groups in total. The first-order valence-electron chi connectivity index (χ1n) is 8.24. The van der Waals surface area contributed by atoms with Gasteiger partial charge >= 0.3 is 6.09 Å². The van der Waals surface area contributed by atoms with Crippen molar-refractivity contribution in [3.05, 3.63) is 35.6 Å². The van der Waals surface area contributed by atoms with Gasteiger partial charge in [0.05, 0.1) is 13.2 Å². The van der Waals surface area contributed by atoms with Crippen LogP contribution in [-0.2, 0) is 16.1 Å². The van der Waals surface area contributed by atoms with E-state index in [1.807, 2.05) is 0 Å². The van der Waals surface area contributed by atoms with Crippen LogP contribution >= 0.6 is 0 Å². The molecule has 0 bridgehead atoms. The van der Waals surface area contributed by atoms with Gasteiger partial charge in [-0.25, -0.2) is 9.18 Å². The second-order valence-electron chi connectivity index (χ2n) is 5.74. The monoisotopic (exact) mass is 337 g/mol. The lowest BCUT2D eigenvalue weighted by Crippen LogP contribution is -2.47. The molecule has 24 heavy (non-hydrogen) atoms. The van der Waals surface area contributed by atoms with Crippen LogP contribution in [0.15, 0.2) is 24.3 Å². The number of hydrogen-bond donors (Lipinski definition) is 2. The van der Waals surface area contributed by atoms with Gasteiger partial charge in [-0.05, 0) is 37.5 Å². The van der Waals surface area contributed by atoms with Crippen LogP contribution in [0.25, 0.3) is 0 Å². The molecule has 1 heterocycles. The van der Waals surface area contributed by atoms with Gasteiger partial charge in [0.25, 0.3) is 0 Å². The van der Waals surface area contributed by atoms with Gasteiger partial charge in [0, 0.05) is 25.7 Å². The lowest BCUT2D eigenvalue weighted by Gasteiger charge is -2.31. The number of likely N-dealkylation sites (tertiary alicyclic amines) is 1. The van der Waals surface area contributed by atoms with Crippen molar-refractivity contribution in [2.24, 2.45) is 0 Å². The second kappa shape index (κ2) is 9.22. The van der Waals surface area contributed by atoms with Crippen LogP contribution in [0.3, 0.4) is 0 Å². The molecule has 0 spiro atoms. The van der Waals surface area contributed by atoms with E-state index < -0.39 is 0 Å². The van der Waals surface area contributed by atoms with Crippen molar-refractivity contribution >= 4 is 12.0 Å². The highest BCUT2D eigenvalue weighted by Crippen LogP contribution is 2.11. The first-order chi connectivity index (χ1) is 11.6. The Bertz CT molecular complexity index is 543. The maximum absolute atomic E-state index is 12.8. The van der Waals surface area contributed by atoms with E-state index in [1.165, 1.54) is 12.1 Å². The van der Waals surface area contributed by atoms with Crippen molar-refractivity contribution < 1.29 is 18.7 Å². The maximum Gasteiger partial charge on any atom is 0.409 e. The number of amides is 2. The highest BCUT2D eigenvalue weighted by atomic mass is 19.1. The van der Waals surface area contributed by atoms with E-state index >= 15 is 0 Å². The van der Waals surface area contributed by atoms with E-state index in [4.69, 9.17) is 4.74 Å². The number of halogens is 1. The average Bonchev–Trinajstić information content (AvgIpc) is 2.60. The lowest BCUT2D eigenvalue weighted by atomic mass is 10.1. The molecule has 0 aromatic heterocycles. The van der Waals surface area contributed by atoms with Crippen molar-refractivity contribution in [1.29, 1.82) is 0 Å². The zero-order valence-corrected chi connectivity index (χ0v) is 13.9. The molecule has 7 heteroatoms. The van der Waals surface area contributed by atoms with Crippen LogP contribution in [0.4, 0.5) is 9.18 Å². The zero-order chi connectivity index (χ0) is 17.4. The molecule has 0 atom stereocenters. The summed E-state index contributed by atoms with van der Waals surface area (Å²) in [5.74, 6) is -0.395. The van der Waals surface area contributed by atoms with E-state index in [0.717, 1.165) is 18.4 Å². The third kappa shape index (κ3) is 5.81. The maximum atomic E-state index is 12.8. The molecule has 0 aliphatic carbocycles. The fraction of sp³-hybridized carbons (Fsp3) is 0.529. The molecule has 6 nitrogen and oxygen atoms in total. The Morgan fingerprint density at radius 3 is 2.54 bits per heavy atom. The van der Waals surface area contributed by atoms with Gasteiger partial charge < -0.3 is 20.3 Å². The smallest absolute Gasteiger partial charge is 0.409 e. The normalized spacial score (nSPS) is 15.2. The Kier molecular flexibility index (Phi) is 6.99.